The number of amides is 1. The van der Waals surface area contributed by atoms with Crippen molar-refractivity contribution in [3.8, 4) is 0 Å². The van der Waals surface area contributed by atoms with Gasteiger partial charge in [0.1, 0.15) is 0 Å². The monoisotopic (exact) mass is 299 g/mol. The van der Waals surface area contributed by atoms with Crippen LogP contribution in [-0.2, 0) is 0 Å². The highest BCUT2D eigenvalue weighted by Gasteiger charge is 2.18. The zero-order chi connectivity index (χ0) is 14.5. The van der Waals surface area contributed by atoms with Crippen molar-refractivity contribution in [1.29, 1.82) is 0 Å². The van der Waals surface area contributed by atoms with Crippen molar-refractivity contribution in [2.75, 3.05) is 12.8 Å². The second-order valence-electron chi connectivity index (χ2n) is 5.77. The van der Waals surface area contributed by atoms with Gasteiger partial charge in [-0.3, -0.25) is 4.79 Å². The van der Waals surface area contributed by atoms with Gasteiger partial charge in [-0.1, -0.05) is 32.9 Å². The maximum Gasteiger partial charge on any atom is 0.252 e. The van der Waals surface area contributed by atoms with Crippen LogP contribution in [0.2, 0.25) is 0 Å². The summed E-state index contributed by atoms with van der Waals surface area (Å²) in [5, 5.41) is 2.88. The molecule has 19 heavy (non-hydrogen) atoms. The average molecular weight is 300 g/mol. The van der Waals surface area contributed by atoms with Crippen LogP contribution in [-0.4, -0.2) is 24.1 Å². The van der Waals surface area contributed by atoms with Crippen LogP contribution < -0.4 is 5.32 Å². The van der Waals surface area contributed by atoms with Crippen LogP contribution in [0.1, 0.15) is 37.6 Å². The Bertz CT molecular complexity index is 428. The summed E-state index contributed by atoms with van der Waals surface area (Å²) in [6, 6.07) is 7.61. The Kier molecular flexibility index (Phi) is 6.21. The summed E-state index contributed by atoms with van der Waals surface area (Å²) in [7, 11) is 0. The molecule has 0 spiro atoms. The maximum absolute atomic E-state index is 12.1. The first-order chi connectivity index (χ1) is 8.83. The summed E-state index contributed by atoms with van der Waals surface area (Å²) in [6.45, 7) is 6.94. The lowest BCUT2D eigenvalue weighted by molar-refractivity contribution is 0.0949. The molecule has 0 fully saturated rings. The number of rotatable bonds is 5. The van der Waals surface area contributed by atoms with Crippen molar-refractivity contribution in [2.24, 2.45) is 5.41 Å². The molecular weight excluding hydrogens is 278 g/mol. The molecule has 0 radical (unpaired) electrons. The van der Waals surface area contributed by atoms with Crippen molar-refractivity contribution in [2.45, 2.75) is 37.5 Å². The van der Waals surface area contributed by atoms with Crippen molar-refractivity contribution < 1.29 is 4.79 Å². The third-order valence-electron chi connectivity index (χ3n) is 2.67. The molecule has 0 heterocycles. The predicted molar refractivity (Wildman–Crippen MR) is 84.3 cm³/mol. The topological polar surface area (TPSA) is 29.1 Å². The summed E-state index contributed by atoms with van der Waals surface area (Å²) in [5.74, 6) is -0.0514. The molecule has 0 aliphatic carbocycles. The minimum absolute atomic E-state index is 0.0367. The van der Waals surface area contributed by atoms with E-state index in [1.54, 1.807) is 11.8 Å². The number of carbonyl (C=O) groups excluding carboxylic acids is 1. The molecule has 0 aliphatic heterocycles. The second-order valence-corrected chi connectivity index (χ2v) is 7.24. The van der Waals surface area contributed by atoms with Crippen LogP contribution in [0, 0.1) is 5.41 Å². The Labute approximate surface area is 125 Å². The molecule has 1 rings (SSSR count). The van der Waals surface area contributed by atoms with Crippen LogP contribution in [0.25, 0.3) is 0 Å². The van der Waals surface area contributed by atoms with E-state index in [0.717, 1.165) is 16.9 Å². The molecule has 0 aliphatic rings. The van der Waals surface area contributed by atoms with Crippen molar-refractivity contribution in [1.82, 2.24) is 5.32 Å². The van der Waals surface area contributed by atoms with Gasteiger partial charge >= 0.3 is 0 Å². The number of carbonyl (C=O) groups is 1. The number of hydrogen-bond acceptors (Lipinski definition) is 2. The van der Waals surface area contributed by atoms with Crippen LogP contribution in [0.3, 0.4) is 0 Å². The fourth-order valence-electron chi connectivity index (χ4n) is 1.87. The third kappa shape index (κ3) is 5.87. The van der Waals surface area contributed by atoms with E-state index in [4.69, 9.17) is 11.6 Å². The zero-order valence-electron chi connectivity index (χ0n) is 12.0. The van der Waals surface area contributed by atoms with Gasteiger partial charge in [-0.05, 0) is 30.2 Å². The van der Waals surface area contributed by atoms with Crippen LogP contribution >= 0.6 is 23.4 Å². The third-order valence-corrected chi connectivity index (χ3v) is 3.77. The van der Waals surface area contributed by atoms with E-state index < -0.39 is 0 Å². The van der Waals surface area contributed by atoms with E-state index in [2.05, 4.69) is 26.1 Å². The lowest BCUT2D eigenvalue weighted by Gasteiger charge is -2.22. The first-order valence-electron chi connectivity index (χ1n) is 6.39. The standard InChI is InChI=1S/C15H22ClNOS/c1-15(2,3)9-11(16)10-17-14(18)12-7-5-6-8-13(12)19-4/h5-8,11H,9-10H2,1-4H3,(H,17,18). The van der Waals surface area contributed by atoms with Gasteiger partial charge in [-0.25, -0.2) is 0 Å². The molecule has 1 N–H and O–H groups in total. The molecule has 0 saturated carbocycles. The van der Waals surface area contributed by atoms with Crippen molar-refractivity contribution in [3.05, 3.63) is 29.8 Å². The normalized spacial score (nSPS) is 13.1. The predicted octanol–water partition coefficient (Wildman–Crippen LogP) is 4.18. The van der Waals surface area contributed by atoms with Crippen LogP contribution in [0.15, 0.2) is 29.2 Å². The molecular formula is C15H22ClNOS. The highest BCUT2D eigenvalue weighted by atomic mass is 35.5. The number of nitrogens with one attached hydrogen (secondary N) is 1. The van der Waals surface area contributed by atoms with E-state index in [1.165, 1.54) is 0 Å². The minimum atomic E-state index is -0.0514. The smallest absolute Gasteiger partial charge is 0.252 e. The number of thioether (sulfide) groups is 1. The van der Waals surface area contributed by atoms with Crippen LogP contribution in [0.5, 0.6) is 0 Å². The Balaban J connectivity index is 2.56. The summed E-state index contributed by atoms with van der Waals surface area (Å²) in [5.41, 5.74) is 0.892. The molecule has 0 aromatic heterocycles. The van der Waals surface area contributed by atoms with Gasteiger partial charge in [-0.15, -0.1) is 23.4 Å². The van der Waals surface area contributed by atoms with E-state index in [0.29, 0.717) is 6.54 Å². The summed E-state index contributed by atoms with van der Waals surface area (Å²) in [6.07, 6.45) is 2.84. The second kappa shape index (κ2) is 7.20. The van der Waals surface area contributed by atoms with Crippen molar-refractivity contribution >= 4 is 29.3 Å². The van der Waals surface area contributed by atoms with Crippen molar-refractivity contribution in [3.63, 3.8) is 0 Å². The molecule has 4 heteroatoms. The molecule has 0 saturated heterocycles. The quantitative estimate of drug-likeness (QED) is 0.653. The molecule has 1 unspecified atom stereocenters. The molecule has 0 bridgehead atoms. The Hall–Kier alpha value is -0.670. The number of hydrogen-bond donors (Lipinski definition) is 1. The number of alkyl halides is 1. The summed E-state index contributed by atoms with van der Waals surface area (Å²) >= 11 is 7.82. The van der Waals surface area contributed by atoms with Gasteiger partial charge in [0.05, 0.1) is 10.9 Å². The lowest BCUT2D eigenvalue weighted by Crippen LogP contribution is -2.31. The maximum atomic E-state index is 12.1. The van der Waals surface area contributed by atoms with Gasteiger partial charge in [0.2, 0.25) is 0 Å². The Morgan fingerprint density at radius 3 is 2.58 bits per heavy atom. The van der Waals surface area contributed by atoms with E-state index in [9.17, 15) is 4.79 Å². The molecule has 1 amide bonds. The highest BCUT2D eigenvalue weighted by Crippen LogP contribution is 2.23. The molecule has 1 atom stereocenters. The lowest BCUT2D eigenvalue weighted by atomic mass is 9.90. The summed E-state index contributed by atoms with van der Waals surface area (Å²) < 4.78 is 0. The van der Waals surface area contributed by atoms with Gasteiger partial charge in [0.25, 0.3) is 5.91 Å². The van der Waals surface area contributed by atoms with Gasteiger partial charge < -0.3 is 5.32 Å². The minimum Gasteiger partial charge on any atom is -0.351 e. The number of halogens is 1. The molecule has 2 nitrogen and oxygen atoms in total. The van der Waals surface area contributed by atoms with E-state index >= 15 is 0 Å². The molecule has 106 valence electrons. The van der Waals surface area contributed by atoms with Gasteiger partial charge in [0, 0.05) is 11.4 Å². The largest absolute Gasteiger partial charge is 0.351 e. The first-order valence-corrected chi connectivity index (χ1v) is 8.05. The zero-order valence-corrected chi connectivity index (χ0v) is 13.6. The van der Waals surface area contributed by atoms with E-state index in [-0.39, 0.29) is 16.7 Å². The number of benzene rings is 1. The Morgan fingerprint density at radius 2 is 2.00 bits per heavy atom. The highest BCUT2D eigenvalue weighted by molar-refractivity contribution is 7.98. The average Bonchev–Trinajstić information content (AvgIpc) is 2.33. The first kappa shape index (κ1) is 16.4. The molecule has 1 aromatic rings. The van der Waals surface area contributed by atoms with Crippen LogP contribution in [0.4, 0.5) is 0 Å². The SMILES string of the molecule is CSc1ccccc1C(=O)NCC(Cl)CC(C)(C)C. The van der Waals surface area contributed by atoms with Gasteiger partial charge in [0.15, 0.2) is 0 Å². The Morgan fingerprint density at radius 1 is 1.37 bits per heavy atom. The van der Waals surface area contributed by atoms with E-state index in [1.807, 2.05) is 30.5 Å². The van der Waals surface area contributed by atoms with Gasteiger partial charge in [-0.2, -0.15) is 0 Å². The fourth-order valence-corrected chi connectivity index (χ4v) is 3.00. The summed E-state index contributed by atoms with van der Waals surface area (Å²) in [4.78, 5) is 13.1. The molecule has 1 aromatic carbocycles. The fraction of sp³-hybridized carbons (Fsp3) is 0.533.